The van der Waals surface area contributed by atoms with E-state index in [0.29, 0.717) is 10.6 Å². The van der Waals surface area contributed by atoms with Crippen molar-refractivity contribution in [3.05, 3.63) is 70.9 Å². The van der Waals surface area contributed by atoms with E-state index in [2.05, 4.69) is 4.98 Å². The lowest BCUT2D eigenvalue weighted by Gasteiger charge is -2.23. The molecule has 21 heavy (non-hydrogen) atoms. The van der Waals surface area contributed by atoms with Crippen LogP contribution in [-0.2, 0) is 5.41 Å². The summed E-state index contributed by atoms with van der Waals surface area (Å²) < 4.78 is 0. The summed E-state index contributed by atoms with van der Waals surface area (Å²) in [5, 5.41) is 1.57. The predicted molar refractivity (Wildman–Crippen MR) is 87.1 cm³/mol. The third-order valence-electron chi connectivity index (χ3n) is 3.95. The van der Waals surface area contributed by atoms with Gasteiger partial charge in [-0.25, -0.2) is 0 Å². The second-order valence-electron chi connectivity index (χ2n) is 5.71. The Balaban J connectivity index is 2.08. The van der Waals surface area contributed by atoms with Crippen molar-refractivity contribution in [1.82, 2.24) is 4.98 Å². The summed E-state index contributed by atoms with van der Waals surface area (Å²) >= 11 is 5.99. The highest BCUT2D eigenvalue weighted by Gasteiger charge is 2.31. The second kappa shape index (κ2) is 5.05. The molecule has 3 aromatic rings. The molecule has 0 bridgehead atoms. The molecule has 0 unspecified atom stereocenters. The molecule has 1 heterocycles. The van der Waals surface area contributed by atoms with Gasteiger partial charge in [0, 0.05) is 27.7 Å². The fourth-order valence-electron chi connectivity index (χ4n) is 2.61. The van der Waals surface area contributed by atoms with Crippen molar-refractivity contribution in [2.75, 3.05) is 0 Å². The maximum Gasteiger partial charge on any atom is 0.174 e. The Morgan fingerprint density at radius 1 is 1.10 bits per heavy atom. The second-order valence-corrected chi connectivity index (χ2v) is 6.15. The minimum absolute atomic E-state index is 0.0993. The molecule has 1 N–H and O–H groups in total. The fraction of sp³-hybridized carbons (Fsp3) is 0.167. The third-order valence-corrected chi connectivity index (χ3v) is 4.19. The zero-order valence-electron chi connectivity index (χ0n) is 12.0. The van der Waals surface area contributed by atoms with Gasteiger partial charge in [-0.3, -0.25) is 4.79 Å². The summed E-state index contributed by atoms with van der Waals surface area (Å²) in [6.45, 7) is 3.92. The van der Waals surface area contributed by atoms with E-state index in [1.165, 1.54) is 0 Å². The molecule has 0 saturated heterocycles. The molecule has 0 aliphatic heterocycles. The average Bonchev–Trinajstić information content (AvgIpc) is 2.90. The fourth-order valence-corrected chi connectivity index (χ4v) is 2.78. The van der Waals surface area contributed by atoms with Crippen LogP contribution in [0.1, 0.15) is 29.8 Å². The first-order valence-corrected chi connectivity index (χ1v) is 7.25. The molecule has 3 heteroatoms. The molecular formula is C18H16ClNO. The summed E-state index contributed by atoms with van der Waals surface area (Å²) in [6, 6.07) is 15.4. The highest BCUT2D eigenvalue weighted by molar-refractivity contribution is 6.31. The zero-order chi connectivity index (χ0) is 15.0. The Kier molecular flexibility index (Phi) is 3.34. The van der Waals surface area contributed by atoms with E-state index in [9.17, 15) is 4.79 Å². The number of aromatic nitrogens is 1. The highest BCUT2D eigenvalue weighted by atomic mass is 35.5. The SMILES string of the molecule is CC(C)(C(=O)c1c[nH]c2cc(Cl)ccc12)c1ccccc1. The number of rotatable bonds is 3. The van der Waals surface area contributed by atoms with Crippen LogP contribution in [0.5, 0.6) is 0 Å². The number of hydrogen-bond donors (Lipinski definition) is 1. The van der Waals surface area contributed by atoms with Gasteiger partial charge in [0.1, 0.15) is 0 Å². The molecule has 3 rings (SSSR count). The summed E-state index contributed by atoms with van der Waals surface area (Å²) in [4.78, 5) is 16.1. The predicted octanol–water partition coefficient (Wildman–Crippen LogP) is 4.98. The number of carbonyl (C=O) groups excluding carboxylic acids is 1. The van der Waals surface area contributed by atoms with Crippen LogP contribution in [0.2, 0.25) is 5.02 Å². The molecule has 0 amide bonds. The number of ketones is 1. The number of benzene rings is 2. The van der Waals surface area contributed by atoms with E-state index in [1.807, 2.05) is 62.4 Å². The van der Waals surface area contributed by atoms with Crippen LogP contribution in [0.15, 0.2) is 54.7 Å². The van der Waals surface area contributed by atoms with Gasteiger partial charge in [-0.15, -0.1) is 0 Å². The van der Waals surface area contributed by atoms with Gasteiger partial charge in [0.25, 0.3) is 0 Å². The van der Waals surface area contributed by atoms with Gasteiger partial charge in [0.15, 0.2) is 5.78 Å². The number of Topliss-reactive ketones (excluding diaryl/α,β-unsaturated/α-hetero) is 1. The molecule has 2 nitrogen and oxygen atoms in total. The summed E-state index contributed by atoms with van der Waals surface area (Å²) in [6.07, 6.45) is 1.77. The lowest BCUT2D eigenvalue weighted by Crippen LogP contribution is -2.28. The van der Waals surface area contributed by atoms with Crippen LogP contribution in [0.3, 0.4) is 0 Å². The molecule has 0 radical (unpaired) electrons. The highest BCUT2D eigenvalue weighted by Crippen LogP contribution is 2.31. The topological polar surface area (TPSA) is 32.9 Å². The molecule has 0 aliphatic rings. The van der Waals surface area contributed by atoms with Crippen LogP contribution in [0.25, 0.3) is 10.9 Å². The number of fused-ring (bicyclic) bond motifs is 1. The van der Waals surface area contributed by atoms with Gasteiger partial charge in [-0.2, -0.15) is 0 Å². The zero-order valence-corrected chi connectivity index (χ0v) is 12.7. The Bertz CT molecular complexity index is 802. The van der Waals surface area contributed by atoms with Crippen molar-refractivity contribution in [2.24, 2.45) is 0 Å². The van der Waals surface area contributed by atoms with E-state index >= 15 is 0 Å². The quantitative estimate of drug-likeness (QED) is 0.679. The number of nitrogens with one attached hydrogen (secondary N) is 1. The van der Waals surface area contributed by atoms with Crippen LogP contribution < -0.4 is 0 Å². The molecule has 0 aliphatic carbocycles. The van der Waals surface area contributed by atoms with E-state index in [1.54, 1.807) is 6.20 Å². The van der Waals surface area contributed by atoms with Gasteiger partial charge >= 0.3 is 0 Å². The normalized spacial score (nSPS) is 11.8. The number of hydrogen-bond acceptors (Lipinski definition) is 1. The molecule has 0 saturated carbocycles. The monoisotopic (exact) mass is 297 g/mol. The molecule has 0 spiro atoms. The molecule has 0 atom stereocenters. The first-order valence-electron chi connectivity index (χ1n) is 6.87. The van der Waals surface area contributed by atoms with E-state index in [0.717, 1.165) is 16.5 Å². The van der Waals surface area contributed by atoms with E-state index in [-0.39, 0.29) is 5.78 Å². The molecule has 106 valence electrons. The van der Waals surface area contributed by atoms with Crippen molar-refractivity contribution in [1.29, 1.82) is 0 Å². The summed E-state index contributed by atoms with van der Waals surface area (Å²) in [7, 11) is 0. The smallest absolute Gasteiger partial charge is 0.174 e. The maximum atomic E-state index is 13.0. The first kappa shape index (κ1) is 13.9. The van der Waals surface area contributed by atoms with Crippen LogP contribution in [0, 0.1) is 0 Å². The van der Waals surface area contributed by atoms with Gasteiger partial charge in [0.05, 0.1) is 5.41 Å². The van der Waals surface area contributed by atoms with Crippen molar-refractivity contribution in [3.63, 3.8) is 0 Å². The van der Waals surface area contributed by atoms with Crippen LogP contribution in [-0.4, -0.2) is 10.8 Å². The van der Waals surface area contributed by atoms with E-state index in [4.69, 9.17) is 11.6 Å². The molecule has 1 aromatic heterocycles. The van der Waals surface area contributed by atoms with Crippen molar-refractivity contribution < 1.29 is 4.79 Å². The van der Waals surface area contributed by atoms with Crippen molar-refractivity contribution >= 4 is 28.3 Å². The summed E-state index contributed by atoms with van der Waals surface area (Å²) in [5.74, 6) is 0.0993. The third kappa shape index (κ3) is 2.36. The van der Waals surface area contributed by atoms with E-state index < -0.39 is 5.41 Å². The first-order chi connectivity index (χ1) is 10.00. The largest absolute Gasteiger partial charge is 0.360 e. The van der Waals surface area contributed by atoms with Crippen molar-refractivity contribution in [2.45, 2.75) is 19.3 Å². The minimum Gasteiger partial charge on any atom is -0.360 e. The summed E-state index contributed by atoms with van der Waals surface area (Å²) in [5.41, 5.74) is 2.03. The number of carbonyl (C=O) groups is 1. The number of halogens is 1. The van der Waals surface area contributed by atoms with Crippen LogP contribution >= 0.6 is 11.6 Å². The Labute approximate surface area is 128 Å². The number of H-pyrrole nitrogens is 1. The van der Waals surface area contributed by atoms with Gasteiger partial charge in [-0.1, -0.05) is 48.0 Å². The molecule has 0 fully saturated rings. The van der Waals surface area contributed by atoms with Gasteiger partial charge in [-0.05, 0) is 31.5 Å². The molecule has 2 aromatic carbocycles. The Hall–Kier alpha value is -2.06. The lowest BCUT2D eigenvalue weighted by atomic mass is 9.78. The average molecular weight is 298 g/mol. The standard InChI is InChI=1S/C18H16ClNO/c1-18(2,12-6-4-3-5-7-12)17(21)15-11-20-16-10-13(19)8-9-14(15)16/h3-11,20H,1-2H3. The number of aromatic amines is 1. The molecular weight excluding hydrogens is 282 g/mol. The maximum absolute atomic E-state index is 13.0. The lowest BCUT2D eigenvalue weighted by molar-refractivity contribution is 0.0910. The van der Waals surface area contributed by atoms with Crippen LogP contribution in [0.4, 0.5) is 0 Å². The van der Waals surface area contributed by atoms with Gasteiger partial charge < -0.3 is 4.98 Å². The van der Waals surface area contributed by atoms with Crippen molar-refractivity contribution in [3.8, 4) is 0 Å². The minimum atomic E-state index is -0.573. The van der Waals surface area contributed by atoms with Gasteiger partial charge in [0.2, 0.25) is 0 Å². The Morgan fingerprint density at radius 3 is 2.52 bits per heavy atom. The Morgan fingerprint density at radius 2 is 1.81 bits per heavy atom.